The maximum absolute atomic E-state index is 12.6. The van der Waals surface area contributed by atoms with Gasteiger partial charge < -0.3 is 20.6 Å². The van der Waals surface area contributed by atoms with Crippen LogP contribution in [0.1, 0.15) is 17.3 Å². The minimum absolute atomic E-state index is 0.0810. The van der Waals surface area contributed by atoms with Crippen LogP contribution in [0.15, 0.2) is 69.7 Å². The Morgan fingerprint density at radius 2 is 1.71 bits per heavy atom. The number of nitrogens with two attached hydrogens (primary N) is 2. The van der Waals surface area contributed by atoms with E-state index in [0.717, 1.165) is 11.8 Å². The van der Waals surface area contributed by atoms with E-state index in [0.29, 0.717) is 21.8 Å². The summed E-state index contributed by atoms with van der Waals surface area (Å²) in [6.45, 7) is 1.36. The van der Waals surface area contributed by atoms with Crippen molar-refractivity contribution in [3.05, 3.63) is 76.0 Å². The minimum atomic E-state index is -0.333. The fourth-order valence-corrected chi connectivity index (χ4v) is 3.62. The Morgan fingerprint density at radius 3 is 2.32 bits per heavy atom. The third-order valence-corrected chi connectivity index (χ3v) is 5.35. The van der Waals surface area contributed by atoms with Gasteiger partial charge in [0.25, 0.3) is 0 Å². The highest BCUT2D eigenvalue weighted by molar-refractivity contribution is 8.02. The average molecular weight is 479 g/mol. The van der Waals surface area contributed by atoms with Crippen molar-refractivity contribution in [2.24, 2.45) is 14.1 Å². The van der Waals surface area contributed by atoms with E-state index in [1.807, 2.05) is 6.07 Å². The van der Waals surface area contributed by atoms with Crippen molar-refractivity contribution in [1.29, 1.82) is 0 Å². The van der Waals surface area contributed by atoms with Crippen molar-refractivity contribution in [3.8, 4) is 0 Å². The molecule has 0 spiro atoms. The lowest BCUT2D eigenvalue weighted by Crippen LogP contribution is -2.19. The number of fused-ring (bicyclic) bond motifs is 1. The van der Waals surface area contributed by atoms with Crippen LogP contribution in [0.4, 0.5) is 11.8 Å². The minimum Gasteiger partial charge on any atom is -0.383 e. The number of thioether (sulfide) groups is 1. The molecule has 0 saturated heterocycles. The first kappa shape index (κ1) is 24.3. The molecular weight excluding hydrogens is 456 g/mol. The van der Waals surface area contributed by atoms with Crippen LogP contribution in [0.25, 0.3) is 11.2 Å². The number of anilines is 2. The molecule has 0 fully saturated rings. The van der Waals surface area contributed by atoms with E-state index in [1.165, 1.54) is 16.9 Å². The summed E-state index contributed by atoms with van der Waals surface area (Å²) in [6, 6.07) is 10.2. The maximum atomic E-state index is 12.6. The van der Waals surface area contributed by atoms with Gasteiger partial charge in [-0.15, -0.1) is 0 Å². The molecule has 0 radical (unpaired) electrons. The van der Waals surface area contributed by atoms with Gasteiger partial charge in [-0.25, -0.2) is 14.8 Å². The van der Waals surface area contributed by atoms with Crippen molar-refractivity contribution in [1.82, 2.24) is 29.1 Å². The van der Waals surface area contributed by atoms with Crippen molar-refractivity contribution >= 4 is 46.3 Å². The largest absolute Gasteiger partial charge is 0.383 e. The second-order valence-electron chi connectivity index (χ2n) is 7.06. The van der Waals surface area contributed by atoms with E-state index >= 15 is 0 Å². The molecule has 3 heterocycles. The molecule has 174 valence electrons. The fraction of sp³-hybridized carbons (Fsp3) is 0.136. The summed E-state index contributed by atoms with van der Waals surface area (Å²) < 4.78 is 3.08. The Bertz CT molecular complexity index is 1440. The van der Waals surface area contributed by atoms with E-state index in [1.54, 1.807) is 61.5 Å². The highest BCUT2D eigenvalue weighted by atomic mass is 32.2. The molecule has 4 N–H and O–H groups in total. The van der Waals surface area contributed by atoms with Crippen LogP contribution in [-0.4, -0.2) is 40.6 Å². The van der Waals surface area contributed by atoms with E-state index in [4.69, 9.17) is 11.5 Å². The molecule has 0 aliphatic heterocycles. The number of benzene rings is 1. The summed E-state index contributed by atoms with van der Waals surface area (Å²) in [5, 5.41) is 1.98. The van der Waals surface area contributed by atoms with Crippen LogP contribution in [0.2, 0.25) is 0 Å². The van der Waals surface area contributed by atoms with Gasteiger partial charge in [0.15, 0.2) is 17.2 Å². The molecule has 4 aromatic rings. The lowest BCUT2D eigenvalue weighted by molar-refractivity contribution is -0.113. The van der Waals surface area contributed by atoms with Crippen LogP contribution in [0.5, 0.6) is 0 Å². The monoisotopic (exact) mass is 478 g/mol. The lowest BCUT2D eigenvalue weighted by atomic mass is 10.0. The fourth-order valence-electron chi connectivity index (χ4n) is 2.71. The van der Waals surface area contributed by atoms with Crippen LogP contribution in [0, 0.1) is 0 Å². The van der Waals surface area contributed by atoms with Crippen molar-refractivity contribution in [2.75, 3.05) is 11.5 Å². The van der Waals surface area contributed by atoms with E-state index in [-0.39, 0.29) is 34.6 Å². The SMILES string of the molecule is CC(=O)/C(=C\Sc1nc(N)nc2c1ncn2C)C(=O)c1ccccc1.Cn1ccc(N)nc1=O. The molecule has 11 nitrogen and oxygen atoms in total. The molecule has 34 heavy (non-hydrogen) atoms. The van der Waals surface area contributed by atoms with Gasteiger partial charge in [-0.05, 0) is 18.4 Å². The predicted molar refractivity (Wildman–Crippen MR) is 130 cm³/mol. The number of ketones is 2. The molecule has 0 aliphatic carbocycles. The van der Waals surface area contributed by atoms with Gasteiger partial charge in [-0.3, -0.25) is 9.59 Å². The highest BCUT2D eigenvalue weighted by Crippen LogP contribution is 2.27. The molecule has 0 saturated carbocycles. The molecule has 0 aliphatic rings. The highest BCUT2D eigenvalue weighted by Gasteiger charge is 2.18. The van der Waals surface area contributed by atoms with Gasteiger partial charge in [-0.1, -0.05) is 42.1 Å². The smallest absolute Gasteiger partial charge is 0.349 e. The number of carbonyl (C=O) groups excluding carboxylic acids is 2. The predicted octanol–water partition coefficient (Wildman–Crippen LogP) is 1.76. The number of rotatable bonds is 5. The first-order valence-corrected chi connectivity index (χ1v) is 10.8. The topological polar surface area (TPSA) is 165 Å². The van der Waals surface area contributed by atoms with Crippen LogP contribution in [0.3, 0.4) is 0 Å². The number of hydrogen-bond acceptors (Lipinski definition) is 10. The summed E-state index contributed by atoms with van der Waals surface area (Å²) in [5.41, 5.74) is 12.3. The van der Waals surface area contributed by atoms with E-state index < -0.39 is 0 Å². The zero-order valence-electron chi connectivity index (χ0n) is 18.7. The first-order valence-electron chi connectivity index (χ1n) is 9.88. The third-order valence-electron chi connectivity index (χ3n) is 4.49. The molecule has 12 heteroatoms. The summed E-state index contributed by atoms with van der Waals surface area (Å²) in [7, 11) is 3.42. The number of aromatic nitrogens is 6. The van der Waals surface area contributed by atoms with Crippen LogP contribution < -0.4 is 17.2 Å². The second kappa shape index (κ2) is 10.5. The van der Waals surface area contributed by atoms with Gasteiger partial charge in [0, 0.05) is 25.9 Å². The van der Waals surface area contributed by atoms with Crippen LogP contribution in [-0.2, 0) is 18.9 Å². The standard InChI is InChI=1S/C17H15N5O2S.C5H7N3O/c1-10(23)12(14(24)11-6-4-3-5-7-11)8-25-16-13-15(20-17(18)21-16)22(2)9-19-13;1-8-3-2-4(6)7-5(8)9/h3-9H,1-2H3,(H2,18,20,21);2-3H,1H3,(H2,6,7,9)/b12-8+;. The van der Waals surface area contributed by atoms with Crippen molar-refractivity contribution in [2.45, 2.75) is 11.9 Å². The third kappa shape index (κ3) is 5.72. The van der Waals surface area contributed by atoms with Crippen molar-refractivity contribution in [3.63, 3.8) is 0 Å². The van der Waals surface area contributed by atoms with Crippen molar-refractivity contribution < 1.29 is 9.59 Å². The number of allylic oxidation sites excluding steroid dienone is 1. The Hall–Kier alpha value is -4.32. The van der Waals surface area contributed by atoms with Crippen LogP contribution >= 0.6 is 11.8 Å². The summed E-state index contributed by atoms with van der Waals surface area (Å²) >= 11 is 1.13. The Kier molecular flexibility index (Phi) is 7.53. The maximum Gasteiger partial charge on any atom is 0.349 e. The molecule has 0 atom stereocenters. The van der Waals surface area contributed by atoms with E-state index in [9.17, 15) is 14.4 Å². The Labute approximate surface area is 198 Å². The summed E-state index contributed by atoms with van der Waals surface area (Å²) in [5.74, 6) is -0.288. The van der Waals surface area contributed by atoms with Gasteiger partial charge in [-0.2, -0.15) is 9.97 Å². The number of nitrogen functional groups attached to an aromatic ring is 2. The lowest BCUT2D eigenvalue weighted by Gasteiger charge is -2.04. The van der Waals surface area contributed by atoms with Gasteiger partial charge >= 0.3 is 5.69 Å². The molecule has 3 aromatic heterocycles. The number of carbonyl (C=O) groups is 2. The summed E-state index contributed by atoms with van der Waals surface area (Å²) in [4.78, 5) is 51.1. The molecule has 0 amide bonds. The van der Waals surface area contributed by atoms with Gasteiger partial charge in [0.1, 0.15) is 16.4 Å². The number of aryl methyl sites for hydroxylation is 2. The normalized spacial score (nSPS) is 11.1. The zero-order chi connectivity index (χ0) is 24.8. The molecule has 0 bridgehead atoms. The molecule has 0 unspecified atom stereocenters. The molecular formula is C22H22N8O3S. The van der Waals surface area contributed by atoms with E-state index in [2.05, 4.69) is 19.9 Å². The first-order chi connectivity index (χ1) is 16.2. The number of nitrogens with zero attached hydrogens (tertiary/aromatic N) is 6. The van der Waals surface area contributed by atoms with Gasteiger partial charge in [0.2, 0.25) is 5.95 Å². The Morgan fingerprint density at radius 1 is 1.00 bits per heavy atom. The molecule has 4 rings (SSSR count). The van der Waals surface area contributed by atoms with Gasteiger partial charge in [0.05, 0.1) is 11.9 Å². The average Bonchev–Trinajstić information content (AvgIpc) is 3.18. The second-order valence-corrected chi connectivity index (χ2v) is 7.92. The number of hydrogen-bond donors (Lipinski definition) is 2. The zero-order valence-corrected chi connectivity index (χ0v) is 19.5. The number of Topliss-reactive ketones (excluding diaryl/α,β-unsaturated/α-hetero) is 2. The summed E-state index contributed by atoms with van der Waals surface area (Å²) in [6.07, 6.45) is 3.18. The number of imidazole rings is 1. The quantitative estimate of drug-likeness (QED) is 0.108. The Balaban J connectivity index is 0.000000302. The molecule has 1 aromatic carbocycles.